The first-order valence-corrected chi connectivity index (χ1v) is 12.9. The second kappa shape index (κ2) is 14.6. The van der Waals surface area contributed by atoms with Crippen molar-refractivity contribution in [2.75, 3.05) is 42.7 Å². The minimum atomic E-state index is -0.872. The van der Waals surface area contributed by atoms with E-state index in [1.54, 1.807) is 48.5 Å². The minimum absolute atomic E-state index is 0.116. The molecule has 0 aliphatic carbocycles. The summed E-state index contributed by atoms with van der Waals surface area (Å²) in [5.41, 5.74) is 0.945. The molecule has 0 N–H and O–H groups in total. The van der Waals surface area contributed by atoms with Gasteiger partial charge in [0.2, 0.25) is 0 Å². The number of hydrogen-bond acceptors (Lipinski definition) is 12. The fourth-order valence-electron chi connectivity index (χ4n) is 3.60. The van der Waals surface area contributed by atoms with Gasteiger partial charge in [-0.2, -0.15) is 5.10 Å². The highest BCUT2D eigenvalue weighted by atomic mass is 32.2. The van der Waals surface area contributed by atoms with Gasteiger partial charge in [0.1, 0.15) is 22.0 Å². The number of thioether (sulfide) groups is 1. The quantitative estimate of drug-likeness (QED) is 0.137. The first kappa shape index (κ1) is 31.5. The molecule has 0 bridgehead atoms. The van der Waals surface area contributed by atoms with Gasteiger partial charge < -0.3 is 28.4 Å². The lowest BCUT2D eigenvalue weighted by molar-refractivity contribution is -0.137. The van der Waals surface area contributed by atoms with E-state index in [2.05, 4.69) is 5.10 Å². The van der Waals surface area contributed by atoms with Crippen LogP contribution in [-0.2, 0) is 28.5 Å². The van der Waals surface area contributed by atoms with Gasteiger partial charge in [0.15, 0.2) is 5.69 Å². The maximum Gasteiger partial charge on any atom is 0.359 e. The molecule has 0 aliphatic heterocycles. The summed E-state index contributed by atoms with van der Waals surface area (Å²) >= 11 is 0.884. The Bertz CT molecular complexity index is 1490. The van der Waals surface area contributed by atoms with E-state index in [1.807, 2.05) is 0 Å². The molecule has 3 rings (SSSR count). The van der Waals surface area contributed by atoms with Crippen molar-refractivity contribution in [1.29, 1.82) is 0 Å². The van der Waals surface area contributed by atoms with Crippen molar-refractivity contribution in [3.05, 3.63) is 88.1 Å². The summed E-state index contributed by atoms with van der Waals surface area (Å²) in [6, 6.07) is 13.7. The van der Waals surface area contributed by atoms with Crippen molar-refractivity contribution < 1.29 is 47.6 Å². The Morgan fingerprint density at radius 2 is 1.26 bits per heavy atom. The molecule has 1 heterocycles. The zero-order chi connectivity index (χ0) is 30.8. The Labute approximate surface area is 245 Å². The van der Waals surface area contributed by atoms with Gasteiger partial charge >= 0.3 is 23.9 Å². The second-order valence-electron chi connectivity index (χ2n) is 8.08. The Morgan fingerprint density at radius 1 is 0.714 bits per heavy atom. The summed E-state index contributed by atoms with van der Waals surface area (Å²) in [7, 11) is 7.71. The number of carbonyl (C=O) groups is 4. The van der Waals surface area contributed by atoms with E-state index in [4.69, 9.17) is 28.4 Å². The second-order valence-corrected chi connectivity index (χ2v) is 9.13. The summed E-state index contributed by atoms with van der Waals surface area (Å²) in [6.07, 6.45) is 2.30. The Morgan fingerprint density at radius 3 is 1.74 bits per heavy atom. The molecule has 0 saturated carbocycles. The number of esters is 4. The highest BCUT2D eigenvalue weighted by molar-refractivity contribution is 8.12. The molecule has 42 heavy (non-hydrogen) atoms. The van der Waals surface area contributed by atoms with Gasteiger partial charge in [0.25, 0.3) is 0 Å². The number of benzene rings is 2. The molecule has 0 radical (unpaired) electrons. The number of carbonyl (C=O) groups excluding carboxylic acids is 4. The highest BCUT2D eigenvalue weighted by Gasteiger charge is 2.28. The summed E-state index contributed by atoms with van der Waals surface area (Å²) in [5, 5.41) is 4.39. The van der Waals surface area contributed by atoms with Crippen LogP contribution in [0.2, 0.25) is 0 Å². The van der Waals surface area contributed by atoms with Gasteiger partial charge in [-0.1, -0.05) is 23.9 Å². The lowest BCUT2D eigenvalue weighted by Crippen LogP contribution is -2.11. The molecule has 13 heteroatoms. The van der Waals surface area contributed by atoms with Crippen LogP contribution in [0.1, 0.15) is 32.0 Å². The van der Waals surface area contributed by atoms with E-state index in [9.17, 15) is 19.2 Å². The maximum absolute atomic E-state index is 12.8. The monoisotopic (exact) mass is 596 g/mol. The van der Waals surface area contributed by atoms with E-state index in [0.29, 0.717) is 33.2 Å². The number of rotatable bonds is 11. The lowest BCUT2D eigenvalue weighted by atomic mass is 10.1. The first-order valence-electron chi connectivity index (χ1n) is 12.1. The van der Waals surface area contributed by atoms with Crippen molar-refractivity contribution >= 4 is 46.2 Å². The third-order valence-corrected chi connectivity index (χ3v) is 6.84. The van der Waals surface area contributed by atoms with Crippen LogP contribution in [0.25, 0.3) is 10.6 Å². The minimum Gasteiger partial charge on any atom is -0.497 e. The fraction of sp³-hybridized carbons (Fsp3) is 0.207. The van der Waals surface area contributed by atoms with Gasteiger partial charge in [0, 0.05) is 22.7 Å². The van der Waals surface area contributed by atoms with Gasteiger partial charge in [-0.25, -0.2) is 23.9 Å². The van der Waals surface area contributed by atoms with Crippen LogP contribution in [-0.4, -0.2) is 76.3 Å². The van der Waals surface area contributed by atoms with Gasteiger partial charge in [-0.15, -0.1) is 0 Å². The van der Waals surface area contributed by atoms with E-state index < -0.39 is 23.9 Å². The topological polar surface area (TPSA) is 141 Å². The first-order chi connectivity index (χ1) is 20.2. The number of aromatic nitrogens is 2. The van der Waals surface area contributed by atoms with Crippen molar-refractivity contribution in [3.63, 3.8) is 0 Å². The van der Waals surface area contributed by atoms with Crippen LogP contribution in [0.3, 0.4) is 0 Å². The van der Waals surface area contributed by atoms with Crippen LogP contribution in [0.5, 0.6) is 11.5 Å². The normalized spacial score (nSPS) is 11.6. The smallest absolute Gasteiger partial charge is 0.359 e. The van der Waals surface area contributed by atoms with Crippen molar-refractivity contribution in [3.8, 4) is 11.5 Å². The van der Waals surface area contributed by atoms with Crippen LogP contribution in [0, 0.1) is 0 Å². The van der Waals surface area contributed by atoms with E-state index in [0.717, 1.165) is 24.9 Å². The molecule has 0 aliphatic rings. The largest absolute Gasteiger partial charge is 0.497 e. The summed E-state index contributed by atoms with van der Waals surface area (Å²) in [6.45, 7) is 0. The van der Waals surface area contributed by atoms with Crippen LogP contribution >= 0.6 is 11.8 Å². The summed E-state index contributed by atoms with van der Waals surface area (Å²) in [4.78, 5) is 50.5. The molecule has 0 spiro atoms. The van der Waals surface area contributed by atoms with E-state index >= 15 is 0 Å². The zero-order valence-electron chi connectivity index (χ0n) is 23.7. The predicted molar refractivity (Wildman–Crippen MR) is 153 cm³/mol. The number of methoxy groups -OCH3 is 6. The molecular formula is C29H28N2O10S. The van der Waals surface area contributed by atoms with E-state index in [-0.39, 0.29) is 16.2 Å². The fourth-order valence-corrected chi connectivity index (χ4v) is 4.71. The molecule has 3 aromatic rings. The SMILES string of the molecule is COC(=O)C=C(SC(=C(c1ccc(OC)cc1)n1cc(C(=O)OC)c(C(=O)OC)n1)c1ccc(OC)cc1)C(=O)OC. The Hall–Kier alpha value is -5.04. The standard InChI is InChI=1S/C29H28N2O10S/c1-36-19-11-7-17(8-12-19)25(31-16-21(27(33)39-4)24(30-31)29(35)41-6)26(18-9-13-20(37-2)14-10-18)42-22(28(34)40-5)15-23(32)38-3/h7-16H,1-6H3. The summed E-state index contributed by atoms with van der Waals surface area (Å²) < 4.78 is 31.3. The Balaban J connectivity index is 2.47. The molecule has 0 amide bonds. The van der Waals surface area contributed by atoms with Crippen molar-refractivity contribution in [2.45, 2.75) is 0 Å². The molecule has 0 atom stereocenters. The van der Waals surface area contributed by atoms with Crippen LogP contribution in [0.4, 0.5) is 0 Å². The molecule has 0 saturated heterocycles. The number of hydrogen-bond donors (Lipinski definition) is 0. The van der Waals surface area contributed by atoms with E-state index in [1.165, 1.54) is 46.4 Å². The van der Waals surface area contributed by atoms with Crippen molar-refractivity contribution in [1.82, 2.24) is 9.78 Å². The van der Waals surface area contributed by atoms with Crippen LogP contribution in [0.15, 0.2) is 65.7 Å². The average molecular weight is 597 g/mol. The average Bonchev–Trinajstić information content (AvgIpc) is 3.48. The maximum atomic E-state index is 12.8. The summed E-state index contributed by atoms with van der Waals surface area (Å²) in [5.74, 6) is -2.17. The zero-order valence-corrected chi connectivity index (χ0v) is 24.5. The molecule has 2 aromatic carbocycles. The number of ether oxygens (including phenoxy) is 6. The molecular weight excluding hydrogens is 568 g/mol. The number of nitrogens with zero attached hydrogens (tertiary/aromatic N) is 2. The van der Waals surface area contributed by atoms with Gasteiger partial charge in [0.05, 0.1) is 48.4 Å². The highest BCUT2D eigenvalue weighted by Crippen LogP contribution is 2.41. The third kappa shape index (κ3) is 7.18. The molecule has 220 valence electrons. The molecule has 0 fully saturated rings. The predicted octanol–water partition coefficient (Wildman–Crippen LogP) is 3.81. The molecule has 0 unspecified atom stereocenters. The lowest BCUT2D eigenvalue weighted by Gasteiger charge is -2.18. The molecule has 12 nitrogen and oxygen atoms in total. The van der Waals surface area contributed by atoms with Crippen LogP contribution < -0.4 is 9.47 Å². The van der Waals surface area contributed by atoms with Gasteiger partial charge in [-0.3, -0.25) is 0 Å². The third-order valence-electron chi connectivity index (χ3n) is 5.71. The van der Waals surface area contributed by atoms with Crippen molar-refractivity contribution in [2.24, 2.45) is 0 Å². The molecule has 1 aromatic heterocycles. The van der Waals surface area contributed by atoms with Gasteiger partial charge in [-0.05, 0) is 42.0 Å². The Kier molecular flexibility index (Phi) is 10.9.